The molecular formula is C70H137NO5. The first kappa shape index (κ1) is 74.6. The van der Waals surface area contributed by atoms with E-state index in [0.29, 0.717) is 19.4 Å². The molecule has 2 atom stereocenters. The first-order valence-corrected chi connectivity index (χ1v) is 35.0. The van der Waals surface area contributed by atoms with Crippen LogP contribution in [0.1, 0.15) is 399 Å². The van der Waals surface area contributed by atoms with Gasteiger partial charge in [-0.3, -0.25) is 9.59 Å². The molecule has 0 heterocycles. The third kappa shape index (κ3) is 61.8. The highest BCUT2D eigenvalue weighted by molar-refractivity contribution is 5.76. The molecule has 0 saturated heterocycles. The fourth-order valence-corrected chi connectivity index (χ4v) is 11.2. The molecule has 0 bridgehead atoms. The number of unbranched alkanes of at least 4 members (excludes halogenated alkanes) is 55. The largest absolute Gasteiger partial charge is 0.466 e. The highest BCUT2D eigenvalue weighted by Crippen LogP contribution is 2.19. The number of allylic oxidation sites excluding steroid dienone is 1. The van der Waals surface area contributed by atoms with Crippen molar-refractivity contribution in [2.24, 2.45) is 0 Å². The lowest BCUT2D eigenvalue weighted by atomic mass is 10.0. The van der Waals surface area contributed by atoms with Crippen molar-refractivity contribution in [1.82, 2.24) is 5.32 Å². The standard InChI is InChI=1S/C70H137NO5/c1-3-5-7-9-11-13-15-17-19-21-27-31-34-38-42-46-50-54-58-62-68(73)67(66-72)71-69(74)63-59-55-51-47-43-39-35-32-28-25-23-22-24-26-29-33-37-41-45-49-53-57-61-65-76-70(75)64-60-56-52-48-44-40-36-30-20-18-16-14-12-10-8-6-4-2/h58,62,67-68,72-73H,3-57,59-61,63-66H2,1-2H3,(H,71,74)/b62-58+. The lowest BCUT2D eigenvalue weighted by Crippen LogP contribution is -2.45. The predicted molar refractivity (Wildman–Crippen MR) is 333 cm³/mol. The molecule has 0 aromatic heterocycles. The number of rotatable bonds is 66. The van der Waals surface area contributed by atoms with Gasteiger partial charge in [-0.25, -0.2) is 0 Å². The number of carbonyl (C=O) groups is 2. The van der Waals surface area contributed by atoms with Crippen molar-refractivity contribution in [3.8, 4) is 0 Å². The smallest absolute Gasteiger partial charge is 0.305 e. The van der Waals surface area contributed by atoms with Crippen molar-refractivity contribution >= 4 is 11.9 Å². The van der Waals surface area contributed by atoms with Crippen LogP contribution in [0.15, 0.2) is 12.2 Å². The summed E-state index contributed by atoms with van der Waals surface area (Å²) in [5, 5.41) is 23.2. The van der Waals surface area contributed by atoms with Crippen LogP contribution in [-0.2, 0) is 14.3 Å². The van der Waals surface area contributed by atoms with Crippen LogP contribution in [0.4, 0.5) is 0 Å². The maximum Gasteiger partial charge on any atom is 0.305 e. The Hall–Kier alpha value is -1.40. The SMILES string of the molecule is CCCCCCCCCCCCCCCCCCC/C=C/C(O)C(CO)NC(=O)CCCCCCCCCCCCCCCCCCCCCCCCCOC(=O)CCCCCCCCCCCCCCCCCCC. The number of esters is 1. The minimum Gasteiger partial charge on any atom is -0.466 e. The van der Waals surface area contributed by atoms with Gasteiger partial charge in [0.25, 0.3) is 0 Å². The number of aliphatic hydroxyl groups excluding tert-OH is 2. The Balaban J connectivity index is 3.37. The number of nitrogens with one attached hydrogen (secondary N) is 1. The third-order valence-corrected chi connectivity index (χ3v) is 16.6. The Bertz CT molecular complexity index is 1140. The van der Waals surface area contributed by atoms with Gasteiger partial charge < -0.3 is 20.3 Å². The molecule has 0 aliphatic rings. The van der Waals surface area contributed by atoms with E-state index in [0.717, 1.165) is 38.5 Å². The van der Waals surface area contributed by atoms with E-state index in [1.54, 1.807) is 6.08 Å². The average Bonchev–Trinajstić information content (AvgIpc) is 3.42. The summed E-state index contributed by atoms with van der Waals surface area (Å²) in [6.45, 7) is 4.95. The highest BCUT2D eigenvalue weighted by atomic mass is 16.5. The van der Waals surface area contributed by atoms with E-state index in [4.69, 9.17) is 4.74 Å². The van der Waals surface area contributed by atoms with Crippen LogP contribution in [-0.4, -0.2) is 47.4 Å². The van der Waals surface area contributed by atoms with Crippen molar-refractivity contribution in [3.63, 3.8) is 0 Å². The maximum atomic E-state index is 12.5. The highest BCUT2D eigenvalue weighted by Gasteiger charge is 2.18. The van der Waals surface area contributed by atoms with Gasteiger partial charge in [-0.15, -0.1) is 0 Å². The molecule has 0 aliphatic heterocycles. The van der Waals surface area contributed by atoms with E-state index in [-0.39, 0.29) is 18.5 Å². The maximum absolute atomic E-state index is 12.5. The van der Waals surface area contributed by atoms with Crippen LogP contribution >= 0.6 is 0 Å². The third-order valence-electron chi connectivity index (χ3n) is 16.6. The molecule has 0 aromatic carbocycles. The van der Waals surface area contributed by atoms with Gasteiger partial charge in [-0.05, 0) is 32.1 Å². The fourth-order valence-electron chi connectivity index (χ4n) is 11.2. The van der Waals surface area contributed by atoms with Gasteiger partial charge in [0.2, 0.25) is 5.91 Å². The van der Waals surface area contributed by atoms with E-state index < -0.39 is 12.1 Å². The summed E-state index contributed by atoms with van der Waals surface area (Å²) in [6, 6.07) is -0.627. The molecule has 6 heteroatoms. The molecule has 0 radical (unpaired) electrons. The molecule has 6 nitrogen and oxygen atoms in total. The number of ether oxygens (including phenoxy) is 1. The number of amides is 1. The molecule has 0 saturated carbocycles. The monoisotopic (exact) mass is 1070 g/mol. The fraction of sp³-hybridized carbons (Fsp3) is 0.943. The van der Waals surface area contributed by atoms with Crippen molar-refractivity contribution in [2.75, 3.05) is 13.2 Å². The summed E-state index contributed by atoms with van der Waals surface area (Å²) < 4.78 is 5.51. The molecule has 76 heavy (non-hydrogen) atoms. The minimum atomic E-state index is -0.844. The Morgan fingerprint density at radius 3 is 0.895 bits per heavy atom. The Morgan fingerprint density at radius 1 is 0.355 bits per heavy atom. The first-order chi connectivity index (χ1) is 37.5. The van der Waals surface area contributed by atoms with Gasteiger partial charge in [0, 0.05) is 12.8 Å². The van der Waals surface area contributed by atoms with E-state index in [1.165, 1.54) is 334 Å². The zero-order valence-electron chi connectivity index (χ0n) is 51.8. The van der Waals surface area contributed by atoms with E-state index in [1.807, 2.05) is 6.08 Å². The van der Waals surface area contributed by atoms with Gasteiger partial charge in [-0.2, -0.15) is 0 Å². The van der Waals surface area contributed by atoms with Crippen molar-refractivity contribution in [1.29, 1.82) is 0 Å². The van der Waals surface area contributed by atoms with Crippen LogP contribution in [0.3, 0.4) is 0 Å². The van der Waals surface area contributed by atoms with E-state index in [9.17, 15) is 19.8 Å². The van der Waals surface area contributed by atoms with Crippen LogP contribution in [0.5, 0.6) is 0 Å². The summed E-state index contributed by atoms with van der Waals surface area (Å²) in [6.07, 6.45) is 81.4. The number of hydrogen-bond donors (Lipinski definition) is 3. The van der Waals surface area contributed by atoms with Crippen molar-refractivity contribution < 1.29 is 24.5 Å². The summed E-state index contributed by atoms with van der Waals surface area (Å²) in [4.78, 5) is 24.6. The number of hydrogen-bond acceptors (Lipinski definition) is 5. The van der Waals surface area contributed by atoms with Gasteiger partial charge >= 0.3 is 5.97 Å². The lowest BCUT2D eigenvalue weighted by molar-refractivity contribution is -0.143. The molecule has 0 rings (SSSR count). The average molecular weight is 1070 g/mol. The minimum absolute atomic E-state index is 0.0190. The molecule has 2 unspecified atom stereocenters. The zero-order valence-corrected chi connectivity index (χ0v) is 51.8. The second kappa shape index (κ2) is 66.1. The Morgan fingerprint density at radius 2 is 0.605 bits per heavy atom. The summed E-state index contributed by atoms with van der Waals surface area (Å²) in [5.41, 5.74) is 0. The van der Waals surface area contributed by atoms with E-state index >= 15 is 0 Å². The Labute approximate surface area is 476 Å². The van der Waals surface area contributed by atoms with Crippen LogP contribution in [0, 0.1) is 0 Å². The first-order valence-electron chi connectivity index (χ1n) is 35.0. The van der Waals surface area contributed by atoms with Crippen molar-refractivity contribution in [2.45, 2.75) is 411 Å². The second-order valence-electron chi connectivity index (χ2n) is 24.2. The molecule has 452 valence electrons. The van der Waals surface area contributed by atoms with Crippen LogP contribution in [0.2, 0.25) is 0 Å². The Kier molecular flexibility index (Phi) is 64.9. The summed E-state index contributed by atoms with van der Waals surface area (Å²) >= 11 is 0. The summed E-state index contributed by atoms with van der Waals surface area (Å²) in [5.74, 6) is -0.0443. The normalized spacial score (nSPS) is 12.5. The van der Waals surface area contributed by atoms with Gasteiger partial charge in [0.05, 0.1) is 25.4 Å². The predicted octanol–water partition coefficient (Wildman–Crippen LogP) is 22.4. The quantitative estimate of drug-likeness (QED) is 0.0320. The van der Waals surface area contributed by atoms with Crippen molar-refractivity contribution in [3.05, 3.63) is 12.2 Å². The second-order valence-corrected chi connectivity index (χ2v) is 24.2. The topological polar surface area (TPSA) is 95.9 Å². The molecule has 1 amide bonds. The van der Waals surface area contributed by atoms with Gasteiger partial charge in [0.1, 0.15) is 0 Å². The zero-order chi connectivity index (χ0) is 55.0. The molecule has 0 aromatic rings. The molecule has 0 fully saturated rings. The molecular weight excluding hydrogens is 935 g/mol. The molecule has 0 aliphatic carbocycles. The molecule has 0 spiro atoms. The number of carbonyl (C=O) groups excluding carboxylic acids is 2. The van der Waals surface area contributed by atoms with Gasteiger partial charge in [-0.1, -0.05) is 366 Å². The number of aliphatic hydroxyl groups is 2. The van der Waals surface area contributed by atoms with Crippen LogP contribution in [0.25, 0.3) is 0 Å². The molecule has 3 N–H and O–H groups in total. The summed E-state index contributed by atoms with van der Waals surface area (Å²) in [7, 11) is 0. The van der Waals surface area contributed by atoms with Gasteiger partial charge in [0.15, 0.2) is 0 Å². The van der Waals surface area contributed by atoms with E-state index in [2.05, 4.69) is 19.2 Å². The van der Waals surface area contributed by atoms with Crippen LogP contribution < -0.4 is 5.32 Å². The lowest BCUT2D eigenvalue weighted by Gasteiger charge is -2.20.